The van der Waals surface area contributed by atoms with Crippen LogP contribution in [0.1, 0.15) is 40.2 Å². The number of hydrogen-bond acceptors (Lipinski definition) is 4. The van der Waals surface area contributed by atoms with Crippen LogP contribution < -0.4 is 0 Å². The van der Waals surface area contributed by atoms with Gasteiger partial charge in [-0.1, -0.05) is 22.0 Å². The van der Waals surface area contributed by atoms with Gasteiger partial charge in [-0.2, -0.15) is 0 Å². The first kappa shape index (κ1) is 14.9. The third-order valence-electron chi connectivity index (χ3n) is 2.45. The molecule has 5 heteroatoms. The molecular formula is C13H15BrO4. The van der Waals surface area contributed by atoms with Gasteiger partial charge in [0.2, 0.25) is 0 Å². The Morgan fingerprint density at radius 2 is 2.11 bits per heavy atom. The number of alkyl halides is 1. The Morgan fingerprint density at radius 1 is 1.44 bits per heavy atom. The van der Waals surface area contributed by atoms with Crippen molar-refractivity contribution in [1.29, 1.82) is 0 Å². The molecule has 0 fully saturated rings. The predicted octanol–water partition coefficient (Wildman–Crippen LogP) is 2.38. The maximum absolute atomic E-state index is 11.5. The van der Waals surface area contributed by atoms with E-state index in [9.17, 15) is 14.7 Å². The summed E-state index contributed by atoms with van der Waals surface area (Å²) in [5.74, 6) is -0.499. The lowest BCUT2D eigenvalue weighted by Crippen LogP contribution is -2.09. The Hall–Kier alpha value is -1.20. The molecule has 98 valence electrons. The third-order valence-corrected chi connectivity index (χ3v) is 3.59. The van der Waals surface area contributed by atoms with Crippen LogP contribution in [0.5, 0.6) is 0 Å². The predicted molar refractivity (Wildman–Crippen MR) is 70.7 cm³/mol. The van der Waals surface area contributed by atoms with Gasteiger partial charge in [0, 0.05) is 0 Å². The number of benzene rings is 1. The Morgan fingerprint density at radius 3 is 2.61 bits per heavy atom. The highest BCUT2D eigenvalue weighted by Crippen LogP contribution is 2.28. The first-order valence-corrected chi connectivity index (χ1v) is 6.48. The van der Waals surface area contributed by atoms with Crippen LogP contribution in [0.3, 0.4) is 0 Å². The first-order chi connectivity index (χ1) is 8.51. The second-order valence-corrected chi connectivity index (χ2v) is 4.68. The normalized spacial score (nSPS) is 12.0. The molecule has 0 saturated carbocycles. The quantitative estimate of drug-likeness (QED) is 0.669. The van der Waals surface area contributed by atoms with Gasteiger partial charge in [-0.15, -0.1) is 0 Å². The highest BCUT2D eigenvalue weighted by atomic mass is 79.9. The minimum absolute atomic E-state index is 0.0615. The van der Waals surface area contributed by atoms with Gasteiger partial charge in [0.1, 0.15) is 5.78 Å². The monoisotopic (exact) mass is 314 g/mol. The molecule has 0 spiro atoms. The molecular weight excluding hydrogens is 300 g/mol. The molecule has 0 radical (unpaired) electrons. The Labute approximate surface area is 114 Å². The summed E-state index contributed by atoms with van der Waals surface area (Å²) in [5, 5.41) is 9.30. The zero-order valence-electron chi connectivity index (χ0n) is 10.3. The van der Waals surface area contributed by atoms with E-state index in [-0.39, 0.29) is 12.4 Å². The molecule has 4 nitrogen and oxygen atoms in total. The Kier molecular flexibility index (Phi) is 5.50. The molecule has 1 unspecified atom stereocenters. The second-order valence-electron chi connectivity index (χ2n) is 3.77. The summed E-state index contributed by atoms with van der Waals surface area (Å²) in [4.78, 5) is 22.4. The molecule has 0 aliphatic carbocycles. The van der Waals surface area contributed by atoms with Crippen molar-refractivity contribution in [2.45, 2.75) is 25.3 Å². The third kappa shape index (κ3) is 3.40. The number of hydrogen-bond donors (Lipinski definition) is 1. The minimum Gasteiger partial charge on any atom is -0.462 e. The van der Waals surface area contributed by atoms with E-state index in [1.165, 1.54) is 6.92 Å². The molecule has 1 rings (SSSR count). The van der Waals surface area contributed by atoms with Crippen LogP contribution in [-0.2, 0) is 16.1 Å². The molecule has 0 heterocycles. The fourth-order valence-corrected chi connectivity index (χ4v) is 2.00. The van der Waals surface area contributed by atoms with Crippen LogP contribution in [0.25, 0.3) is 0 Å². The maximum atomic E-state index is 11.5. The zero-order valence-corrected chi connectivity index (χ0v) is 11.9. The summed E-state index contributed by atoms with van der Waals surface area (Å²) in [6, 6.07) is 4.78. The summed E-state index contributed by atoms with van der Waals surface area (Å²) >= 11 is 3.26. The molecule has 0 aliphatic rings. The number of aliphatic hydroxyl groups excluding tert-OH is 1. The van der Waals surface area contributed by atoms with Gasteiger partial charge in [-0.05, 0) is 37.1 Å². The Bertz CT molecular complexity index is 456. The van der Waals surface area contributed by atoms with Crippen molar-refractivity contribution in [3.63, 3.8) is 0 Å². The number of carbonyl (C=O) groups excluding carboxylic acids is 2. The highest BCUT2D eigenvalue weighted by molar-refractivity contribution is 9.09. The fourth-order valence-electron chi connectivity index (χ4n) is 1.55. The Balaban J connectivity index is 3.11. The van der Waals surface area contributed by atoms with Gasteiger partial charge in [0.05, 0.1) is 23.6 Å². The average Bonchev–Trinajstić information content (AvgIpc) is 2.37. The van der Waals surface area contributed by atoms with Gasteiger partial charge in [-0.3, -0.25) is 4.79 Å². The van der Waals surface area contributed by atoms with Gasteiger partial charge in [0.15, 0.2) is 0 Å². The van der Waals surface area contributed by atoms with Crippen LogP contribution >= 0.6 is 15.9 Å². The van der Waals surface area contributed by atoms with Crippen molar-refractivity contribution in [1.82, 2.24) is 0 Å². The van der Waals surface area contributed by atoms with Crippen LogP contribution in [0.2, 0.25) is 0 Å². The molecule has 1 aromatic rings. The van der Waals surface area contributed by atoms with E-state index in [0.29, 0.717) is 23.3 Å². The van der Waals surface area contributed by atoms with Crippen molar-refractivity contribution in [2.75, 3.05) is 6.61 Å². The summed E-state index contributed by atoms with van der Waals surface area (Å²) in [6.07, 6.45) is 0. The van der Waals surface area contributed by atoms with Crippen molar-refractivity contribution >= 4 is 27.7 Å². The lowest BCUT2D eigenvalue weighted by Gasteiger charge is -2.12. The SMILES string of the molecule is CCOC(=O)c1ccc(C(Br)C(C)=O)c(CO)c1. The molecule has 0 saturated heterocycles. The number of ketones is 1. The summed E-state index contributed by atoms with van der Waals surface area (Å²) in [7, 11) is 0. The van der Waals surface area contributed by atoms with Gasteiger partial charge in [-0.25, -0.2) is 4.79 Å². The van der Waals surface area contributed by atoms with E-state index in [1.54, 1.807) is 25.1 Å². The molecule has 1 aromatic carbocycles. The average molecular weight is 315 g/mol. The van der Waals surface area contributed by atoms with Crippen LogP contribution in [0.4, 0.5) is 0 Å². The van der Waals surface area contributed by atoms with Crippen LogP contribution in [0.15, 0.2) is 18.2 Å². The number of ether oxygens (including phenoxy) is 1. The van der Waals surface area contributed by atoms with Crippen molar-refractivity contribution in [3.05, 3.63) is 34.9 Å². The molecule has 1 N–H and O–H groups in total. The largest absolute Gasteiger partial charge is 0.462 e. The summed E-state index contributed by atoms with van der Waals surface area (Å²) < 4.78 is 4.88. The molecule has 0 bridgehead atoms. The first-order valence-electron chi connectivity index (χ1n) is 5.56. The van der Waals surface area contributed by atoms with E-state index in [4.69, 9.17) is 4.74 Å². The lowest BCUT2D eigenvalue weighted by molar-refractivity contribution is -0.116. The number of carbonyl (C=O) groups is 2. The van der Waals surface area contributed by atoms with Crippen molar-refractivity contribution < 1.29 is 19.4 Å². The maximum Gasteiger partial charge on any atom is 0.338 e. The molecule has 1 atom stereocenters. The van der Waals surface area contributed by atoms with E-state index in [1.807, 2.05) is 0 Å². The zero-order chi connectivity index (χ0) is 13.7. The molecule has 18 heavy (non-hydrogen) atoms. The van der Waals surface area contributed by atoms with E-state index in [2.05, 4.69) is 15.9 Å². The standard InChI is InChI=1S/C13H15BrO4/c1-3-18-13(17)9-4-5-11(10(6-9)7-15)12(14)8(2)16/h4-6,12,15H,3,7H2,1-2H3. The van der Waals surface area contributed by atoms with Gasteiger partial charge in [0.25, 0.3) is 0 Å². The van der Waals surface area contributed by atoms with E-state index >= 15 is 0 Å². The number of halogens is 1. The van der Waals surface area contributed by atoms with E-state index in [0.717, 1.165) is 0 Å². The van der Waals surface area contributed by atoms with Crippen LogP contribution in [-0.4, -0.2) is 23.5 Å². The minimum atomic E-state index is -0.476. The molecule has 0 amide bonds. The van der Waals surface area contributed by atoms with Gasteiger partial charge < -0.3 is 9.84 Å². The van der Waals surface area contributed by atoms with Crippen molar-refractivity contribution in [3.8, 4) is 0 Å². The fraction of sp³-hybridized carbons (Fsp3) is 0.385. The lowest BCUT2D eigenvalue weighted by atomic mass is 10.0. The summed E-state index contributed by atoms with van der Waals surface area (Å²) in [6.45, 7) is 3.24. The number of rotatable bonds is 5. The number of esters is 1. The second kappa shape index (κ2) is 6.66. The topological polar surface area (TPSA) is 63.6 Å². The van der Waals surface area contributed by atoms with Crippen molar-refractivity contribution in [2.24, 2.45) is 0 Å². The number of aliphatic hydroxyl groups is 1. The smallest absolute Gasteiger partial charge is 0.338 e. The highest BCUT2D eigenvalue weighted by Gasteiger charge is 2.18. The molecule has 0 aromatic heterocycles. The van der Waals surface area contributed by atoms with E-state index < -0.39 is 10.8 Å². The summed E-state index contributed by atoms with van der Waals surface area (Å²) in [5.41, 5.74) is 1.57. The molecule has 0 aliphatic heterocycles. The number of Topliss-reactive ketones (excluding diaryl/α,β-unsaturated/α-hetero) is 1. The van der Waals surface area contributed by atoms with Crippen LogP contribution in [0, 0.1) is 0 Å². The van der Waals surface area contributed by atoms with Gasteiger partial charge >= 0.3 is 5.97 Å².